The molecule has 5 rings (SSSR count). The van der Waals surface area contributed by atoms with E-state index in [0.717, 1.165) is 22.9 Å². The van der Waals surface area contributed by atoms with Crippen molar-refractivity contribution in [3.63, 3.8) is 0 Å². The lowest BCUT2D eigenvalue weighted by Gasteiger charge is -2.13. The number of aryl methyl sites for hydroxylation is 1. The van der Waals surface area contributed by atoms with Crippen molar-refractivity contribution in [2.24, 2.45) is 0 Å². The highest BCUT2D eigenvalue weighted by atomic mass is 79.9. The maximum atomic E-state index is 13.6. The lowest BCUT2D eigenvalue weighted by molar-refractivity contribution is -0.141. The Morgan fingerprint density at radius 3 is 2.27 bits per heavy atom. The van der Waals surface area contributed by atoms with Gasteiger partial charge in [0.05, 0.1) is 41.8 Å². The molecule has 2 heterocycles. The summed E-state index contributed by atoms with van der Waals surface area (Å²) in [7, 11) is 1.59. The number of hydrogen-bond donors (Lipinski definition) is 2. The maximum Gasteiger partial charge on any atom is 0.433 e. The summed E-state index contributed by atoms with van der Waals surface area (Å²) >= 11 is 3.31. The number of ether oxygens (including phenoxy) is 1. The second-order valence-electron chi connectivity index (χ2n) is 10.1. The van der Waals surface area contributed by atoms with Gasteiger partial charge in [-0.15, -0.1) is 0 Å². The Morgan fingerprint density at radius 2 is 1.61 bits per heavy atom. The second kappa shape index (κ2) is 12.5. The Labute approximate surface area is 259 Å². The first-order valence-corrected chi connectivity index (χ1v) is 14.2. The van der Waals surface area contributed by atoms with E-state index in [4.69, 9.17) is 4.74 Å². The molecular formula is C32H27BrF3N5O3. The summed E-state index contributed by atoms with van der Waals surface area (Å²) in [6.45, 7) is 4.19. The summed E-state index contributed by atoms with van der Waals surface area (Å²) in [5.41, 5.74) is 2.56. The number of anilines is 1. The van der Waals surface area contributed by atoms with Crippen LogP contribution in [0, 0.1) is 13.8 Å². The minimum absolute atomic E-state index is 0.0511. The van der Waals surface area contributed by atoms with Crippen LogP contribution in [0.25, 0.3) is 10.9 Å². The SMILES string of the molecule is COc1ccc(CNC(=O)c2ccc(Cn3nc(C)c(NC(=O)c4cc(C(F)(F)F)nc5ccc(Br)cc45)c3C)cc2)cc1. The molecule has 44 heavy (non-hydrogen) atoms. The number of halogens is 4. The van der Waals surface area contributed by atoms with E-state index in [1.165, 1.54) is 6.07 Å². The molecule has 226 valence electrons. The summed E-state index contributed by atoms with van der Waals surface area (Å²) in [5, 5.41) is 10.5. The number of hydrogen-bond acceptors (Lipinski definition) is 5. The molecule has 2 N–H and O–H groups in total. The van der Waals surface area contributed by atoms with Crippen LogP contribution in [0.4, 0.5) is 18.9 Å². The van der Waals surface area contributed by atoms with E-state index in [1.807, 2.05) is 36.4 Å². The highest BCUT2D eigenvalue weighted by Crippen LogP contribution is 2.33. The number of nitrogens with zero attached hydrogens (tertiary/aromatic N) is 3. The van der Waals surface area contributed by atoms with Crippen LogP contribution in [0.5, 0.6) is 5.75 Å². The van der Waals surface area contributed by atoms with Crippen molar-refractivity contribution in [2.75, 3.05) is 12.4 Å². The van der Waals surface area contributed by atoms with Gasteiger partial charge in [-0.3, -0.25) is 14.3 Å². The molecule has 0 bridgehead atoms. The van der Waals surface area contributed by atoms with Crippen molar-refractivity contribution in [1.82, 2.24) is 20.1 Å². The molecule has 2 aromatic heterocycles. The molecular weight excluding hydrogens is 639 g/mol. The van der Waals surface area contributed by atoms with Gasteiger partial charge in [-0.05, 0) is 73.5 Å². The monoisotopic (exact) mass is 665 g/mol. The van der Waals surface area contributed by atoms with Crippen molar-refractivity contribution >= 4 is 44.3 Å². The fourth-order valence-electron chi connectivity index (χ4n) is 4.71. The summed E-state index contributed by atoms with van der Waals surface area (Å²) in [6, 6.07) is 19.8. The van der Waals surface area contributed by atoms with E-state index in [2.05, 4.69) is 36.6 Å². The van der Waals surface area contributed by atoms with Gasteiger partial charge in [-0.1, -0.05) is 40.2 Å². The van der Waals surface area contributed by atoms with Crippen LogP contribution in [-0.2, 0) is 19.3 Å². The number of amides is 2. The normalized spacial score (nSPS) is 11.4. The summed E-state index contributed by atoms with van der Waals surface area (Å²) in [4.78, 5) is 29.7. The number of rotatable bonds is 8. The molecule has 2 amide bonds. The lowest BCUT2D eigenvalue weighted by Crippen LogP contribution is -2.22. The van der Waals surface area contributed by atoms with Crippen LogP contribution in [0.1, 0.15) is 48.9 Å². The first-order chi connectivity index (χ1) is 20.9. The topological polar surface area (TPSA) is 98.1 Å². The zero-order valence-corrected chi connectivity index (χ0v) is 25.5. The summed E-state index contributed by atoms with van der Waals surface area (Å²) in [5.74, 6) is -0.187. The fraction of sp³-hybridized carbons (Fsp3) is 0.188. The minimum atomic E-state index is -4.72. The quantitative estimate of drug-likeness (QED) is 0.185. The average Bonchev–Trinajstić information content (AvgIpc) is 3.26. The molecule has 5 aromatic rings. The Balaban J connectivity index is 1.30. The molecule has 0 aliphatic carbocycles. The molecule has 0 aliphatic rings. The van der Waals surface area contributed by atoms with Gasteiger partial charge in [0.15, 0.2) is 0 Å². The Hall–Kier alpha value is -4.71. The molecule has 0 saturated heterocycles. The summed E-state index contributed by atoms with van der Waals surface area (Å²) < 4.78 is 48.1. The third kappa shape index (κ3) is 6.75. The predicted molar refractivity (Wildman–Crippen MR) is 164 cm³/mol. The molecule has 3 aromatic carbocycles. The lowest BCUT2D eigenvalue weighted by atomic mass is 10.1. The average molecular weight is 666 g/mol. The van der Waals surface area contributed by atoms with Crippen molar-refractivity contribution in [3.05, 3.63) is 117 Å². The molecule has 0 saturated carbocycles. The number of methoxy groups -OCH3 is 1. The van der Waals surface area contributed by atoms with Gasteiger partial charge in [-0.25, -0.2) is 4.98 Å². The van der Waals surface area contributed by atoms with E-state index in [9.17, 15) is 22.8 Å². The third-order valence-electron chi connectivity index (χ3n) is 7.09. The smallest absolute Gasteiger partial charge is 0.433 e. The highest BCUT2D eigenvalue weighted by Gasteiger charge is 2.34. The molecule has 0 aliphatic heterocycles. The number of carbonyl (C=O) groups excluding carboxylic acids is 2. The summed E-state index contributed by atoms with van der Waals surface area (Å²) in [6.07, 6.45) is -4.72. The zero-order chi connectivity index (χ0) is 31.6. The Morgan fingerprint density at radius 1 is 0.932 bits per heavy atom. The second-order valence-corrected chi connectivity index (χ2v) is 11.0. The van der Waals surface area contributed by atoms with E-state index in [0.29, 0.717) is 40.2 Å². The Kier molecular flexibility index (Phi) is 8.73. The molecule has 0 fully saturated rings. The number of nitrogens with one attached hydrogen (secondary N) is 2. The van der Waals surface area contributed by atoms with Crippen LogP contribution in [0.3, 0.4) is 0 Å². The van der Waals surface area contributed by atoms with Crippen LogP contribution in [-0.4, -0.2) is 33.7 Å². The van der Waals surface area contributed by atoms with Crippen molar-refractivity contribution in [2.45, 2.75) is 33.1 Å². The van der Waals surface area contributed by atoms with Gasteiger partial charge in [-0.2, -0.15) is 18.3 Å². The zero-order valence-electron chi connectivity index (χ0n) is 23.9. The van der Waals surface area contributed by atoms with E-state index in [1.54, 1.807) is 49.9 Å². The van der Waals surface area contributed by atoms with Gasteiger partial charge in [0.1, 0.15) is 11.4 Å². The number of carbonyl (C=O) groups is 2. The maximum absolute atomic E-state index is 13.6. The van der Waals surface area contributed by atoms with Crippen molar-refractivity contribution in [1.29, 1.82) is 0 Å². The predicted octanol–water partition coefficient (Wildman–Crippen LogP) is 7.07. The van der Waals surface area contributed by atoms with E-state index in [-0.39, 0.29) is 22.4 Å². The number of aromatic nitrogens is 3. The first-order valence-electron chi connectivity index (χ1n) is 13.5. The standard InChI is InChI=1S/C32H27BrF3N5O3/c1-18-29(39-31(43)26-15-28(32(34,35)36)38-27-13-10-23(33)14-25(26)27)19(2)41(40-18)17-21-4-8-22(9-5-21)30(42)37-16-20-6-11-24(44-3)12-7-20/h4-15H,16-17H2,1-3H3,(H,37,42)(H,39,43). The fourth-order valence-corrected chi connectivity index (χ4v) is 5.07. The van der Waals surface area contributed by atoms with Crippen molar-refractivity contribution < 1.29 is 27.5 Å². The molecule has 8 nitrogen and oxygen atoms in total. The van der Waals surface area contributed by atoms with Crippen molar-refractivity contribution in [3.8, 4) is 5.75 Å². The van der Waals surface area contributed by atoms with Gasteiger partial charge in [0, 0.05) is 22.0 Å². The first kappa shape index (κ1) is 30.7. The van der Waals surface area contributed by atoms with E-state index < -0.39 is 17.8 Å². The number of alkyl halides is 3. The van der Waals surface area contributed by atoms with Gasteiger partial charge in [0.25, 0.3) is 11.8 Å². The molecule has 0 radical (unpaired) electrons. The van der Waals surface area contributed by atoms with Crippen LogP contribution < -0.4 is 15.4 Å². The number of fused-ring (bicyclic) bond motifs is 1. The van der Waals surface area contributed by atoms with Crippen LogP contribution in [0.2, 0.25) is 0 Å². The van der Waals surface area contributed by atoms with Gasteiger partial charge in [0.2, 0.25) is 0 Å². The molecule has 0 atom stereocenters. The van der Waals surface area contributed by atoms with Crippen LogP contribution in [0.15, 0.2) is 77.3 Å². The molecule has 0 unspecified atom stereocenters. The molecule has 0 spiro atoms. The van der Waals surface area contributed by atoms with Gasteiger partial charge >= 0.3 is 6.18 Å². The largest absolute Gasteiger partial charge is 0.497 e. The Bertz CT molecular complexity index is 1850. The molecule has 12 heteroatoms. The highest BCUT2D eigenvalue weighted by molar-refractivity contribution is 9.10. The number of pyridine rings is 1. The number of benzene rings is 3. The van der Waals surface area contributed by atoms with Crippen LogP contribution >= 0.6 is 15.9 Å². The van der Waals surface area contributed by atoms with Gasteiger partial charge < -0.3 is 15.4 Å². The minimum Gasteiger partial charge on any atom is -0.497 e. The van der Waals surface area contributed by atoms with E-state index >= 15 is 0 Å². The third-order valence-corrected chi connectivity index (χ3v) is 7.58.